The van der Waals surface area contributed by atoms with Crippen LogP contribution < -0.4 is 0 Å². The number of halogens is 2. The fraction of sp³-hybridized carbons (Fsp3) is 0.111. The van der Waals surface area contributed by atoms with Gasteiger partial charge in [-0.2, -0.15) is 0 Å². The molecule has 3 nitrogen and oxygen atoms in total. The molecule has 0 aliphatic carbocycles. The number of hydrogen-bond donors (Lipinski definition) is 0. The molecule has 0 bridgehead atoms. The minimum Gasteiger partial charge on any atom is -0.407 e. The second-order valence-corrected chi connectivity index (χ2v) is 4.06. The molecule has 0 radical (unpaired) electrons. The Bertz CT molecular complexity index is 470. The Morgan fingerprint density at radius 1 is 1.36 bits per heavy atom. The highest BCUT2D eigenvalue weighted by Crippen LogP contribution is 2.26. The molecule has 0 atom stereocenters. The van der Waals surface area contributed by atoms with Gasteiger partial charge >= 0.3 is 5.35 Å². The van der Waals surface area contributed by atoms with Crippen molar-refractivity contribution >= 4 is 27.5 Å². The molecule has 14 heavy (non-hydrogen) atoms. The van der Waals surface area contributed by atoms with Crippen LogP contribution in [0.25, 0.3) is 11.5 Å². The molecule has 0 aliphatic rings. The maximum Gasteiger partial charge on any atom is 0.313 e. The molecule has 0 amide bonds. The Kier molecular flexibility index (Phi) is 2.56. The van der Waals surface area contributed by atoms with Crippen molar-refractivity contribution in [1.82, 2.24) is 10.2 Å². The maximum atomic E-state index is 5.55. The third-order valence-corrected chi connectivity index (χ3v) is 2.48. The molecule has 2 rings (SSSR count). The summed E-state index contributed by atoms with van der Waals surface area (Å²) in [7, 11) is 0. The van der Waals surface area contributed by atoms with Gasteiger partial charge in [0, 0.05) is 10.0 Å². The van der Waals surface area contributed by atoms with Gasteiger partial charge in [0.1, 0.15) is 0 Å². The molecule has 1 aromatic carbocycles. The molecule has 0 fully saturated rings. The number of benzene rings is 1. The first-order valence-corrected chi connectivity index (χ1v) is 5.09. The monoisotopic (exact) mass is 272 g/mol. The van der Waals surface area contributed by atoms with Crippen molar-refractivity contribution in [3.63, 3.8) is 0 Å². The topological polar surface area (TPSA) is 38.9 Å². The molecule has 0 unspecified atom stereocenters. The van der Waals surface area contributed by atoms with E-state index in [1.54, 1.807) is 0 Å². The van der Waals surface area contributed by atoms with E-state index in [2.05, 4.69) is 26.1 Å². The first-order valence-electron chi connectivity index (χ1n) is 3.92. The van der Waals surface area contributed by atoms with Gasteiger partial charge in [0.15, 0.2) is 0 Å². The molecule has 0 aliphatic heterocycles. The number of aromatic nitrogens is 2. The molecule has 0 saturated heterocycles. The summed E-state index contributed by atoms with van der Waals surface area (Å²) in [5.41, 5.74) is 1.95. The lowest BCUT2D eigenvalue weighted by atomic mass is 10.1. The van der Waals surface area contributed by atoms with Crippen LogP contribution in [0.3, 0.4) is 0 Å². The van der Waals surface area contributed by atoms with Crippen LogP contribution in [0.4, 0.5) is 0 Å². The van der Waals surface area contributed by atoms with Gasteiger partial charge in [0.25, 0.3) is 0 Å². The average molecular weight is 274 g/mol. The van der Waals surface area contributed by atoms with Gasteiger partial charge in [-0.1, -0.05) is 27.1 Å². The van der Waals surface area contributed by atoms with Crippen LogP contribution in [-0.2, 0) is 0 Å². The Morgan fingerprint density at radius 2 is 2.14 bits per heavy atom. The van der Waals surface area contributed by atoms with Crippen LogP contribution in [0, 0.1) is 6.92 Å². The van der Waals surface area contributed by atoms with E-state index in [4.69, 9.17) is 16.0 Å². The highest BCUT2D eigenvalue weighted by Gasteiger charge is 2.09. The van der Waals surface area contributed by atoms with Gasteiger partial charge in [-0.05, 0) is 36.2 Å². The number of hydrogen-bond acceptors (Lipinski definition) is 3. The van der Waals surface area contributed by atoms with Crippen molar-refractivity contribution in [2.75, 3.05) is 0 Å². The molecule has 72 valence electrons. The standard InChI is InChI=1S/C9H6BrClN2O/c1-5-2-3-6(10)4-7(5)8-12-13-9(11)14-8/h2-4H,1H3. The first kappa shape index (κ1) is 9.68. The lowest BCUT2D eigenvalue weighted by Gasteiger charge is -2.00. The lowest BCUT2D eigenvalue weighted by molar-refractivity contribution is 0.570. The van der Waals surface area contributed by atoms with E-state index in [-0.39, 0.29) is 5.35 Å². The lowest BCUT2D eigenvalue weighted by Crippen LogP contribution is -1.83. The van der Waals surface area contributed by atoms with E-state index >= 15 is 0 Å². The fourth-order valence-electron chi connectivity index (χ4n) is 1.14. The largest absolute Gasteiger partial charge is 0.407 e. The minimum atomic E-state index is 0.0550. The van der Waals surface area contributed by atoms with Gasteiger partial charge < -0.3 is 4.42 Å². The predicted octanol–water partition coefficient (Wildman–Crippen LogP) is 3.46. The van der Waals surface area contributed by atoms with Crippen molar-refractivity contribution in [2.45, 2.75) is 6.92 Å². The molecule has 0 N–H and O–H groups in total. The van der Waals surface area contributed by atoms with Crippen molar-refractivity contribution in [3.8, 4) is 11.5 Å². The third kappa shape index (κ3) is 1.81. The average Bonchev–Trinajstić information content (AvgIpc) is 2.56. The molecule has 1 aromatic heterocycles. The van der Waals surface area contributed by atoms with Crippen LogP contribution in [0.2, 0.25) is 5.35 Å². The molecular weight excluding hydrogens is 267 g/mol. The summed E-state index contributed by atoms with van der Waals surface area (Å²) in [5, 5.41) is 7.47. The number of aryl methyl sites for hydroxylation is 1. The summed E-state index contributed by atoms with van der Waals surface area (Å²) in [6, 6.07) is 5.84. The zero-order chi connectivity index (χ0) is 10.1. The Labute approximate surface area is 94.2 Å². The van der Waals surface area contributed by atoms with E-state index in [1.807, 2.05) is 25.1 Å². The van der Waals surface area contributed by atoms with Gasteiger partial charge in [0.2, 0.25) is 5.89 Å². The van der Waals surface area contributed by atoms with Crippen molar-refractivity contribution in [1.29, 1.82) is 0 Å². The second-order valence-electron chi connectivity index (χ2n) is 2.82. The molecule has 0 spiro atoms. The van der Waals surface area contributed by atoms with Crippen LogP contribution in [0.15, 0.2) is 27.1 Å². The zero-order valence-corrected chi connectivity index (χ0v) is 9.63. The number of nitrogens with zero attached hydrogens (tertiary/aromatic N) is 2. The van der Waals surface area contributed by atoms with Crippen LogP contribution >= 0.6 is 27.5 Å². The normalized spacial score (nSPS) is 10.5. The Balaban J connectivity index is 2.55. The predicted molar refractivity (Wildman–Crippen MR) is 57.2 cm³/mol. The summed E-state index contributed by atoms with van der Waals surface area (Å²) in [6.07, 6.45) is 0. The summed E-state index contributed by atoms with van der Waals surface area (Å²) >= 11 is 8.93. The van der Waals surface area contributed by atoms with E-state index in [9.17, 15) is 0 Å². The van der Waals surface area contributed by atoms with E-state index in [0.29, 0.717) is 5.89 Å². The van der Waals surface area contributed by atoms with Crippen LogP contribution in [-0.4, -0.2) is 10.2 Å². The second kappa shape index (κ2) is 3.71. The minimum absolute atomic E-state index is 0.0550. The smallest absolute Gasteiger partial charge is 0.313 e. The van der Waals surface area contributed by atoms with Crippen molar-refractivity contribution < 1.29 is 4.42 Å². The van der Waals surface area contributed by atoms with Gasteiger partial charge in [-0.3, -0.25) is 0 Å². The SMILES string of the molecule is Cc1ccc(Br)cc1-c1nnc(Cl)o1. The number of rotatable bonds is 1. The quantitative estimate of drug-likeness (QED) is 0.798. The molecule has 5 heteroatoms. The highest BCUT2D eigenvalue weighted by atomic mass is 79.9. The van der Waals surface area contributed by atoms with Gasteiger partial charge in [-0.25, -0.2) is 0 Å². The summed E-state index contributed by atoms with van der Waals surface area (Å²) < 4.78 is 6.09. The van der Waals surface area contributed by atoms with Crippen molar-refractivity contribution in [2.24, 2.45) is 0 Å². The van der Waals surface area contributed by atoms with Crippen LogP contribution in [0.5, 0.6) is 0 Å². The van der Waals surface area contributed by atoms with Crippen LogP contribution in [0.1, 0.15) is 5.56 Å². The third-order valence-electron chi connectivity index (χ3n) is 1.83. The van der Waals surface area contributed by atoms with Crippen molar-refractivity contribution in [3.05, 3.63) is 33.6 Å². The summed E-state index contributed by atoms with van der Waals surface area (Å²) in [5.74, 6) is 0.439. The molecular formula is C9H6BrClN2O. The summed E-state index contributed by atoms with van der Waals surface area (Å²) in [4.78, 5) is 0. The van der Waals surface area contributed by atoms with E-state index in [1.165, 1.54) is 0 Å². The van der Waals surface area contributed by atoms with Gasteiger partial charge in [0.05, 0.1) is 0 Å². The fourth-order valence-corrected chi connectivity index (χ4v) is 1.61. The molecule has 1 heterocycles. The zero-order valence-electron chi connectivity index (χ0n) is 7.29. The van der Waals surface area contributed by atoms with E-state index in [0.717, 1.165) is 15.6 Å². The van der Waals surface area contributed by atoms with Gasteiger partial charge in [-0.15, -0.1) is 5.10 Å². The Morgan fingerprint density at radius 3 is 2.79 bits per heavy atom. The van der Waals surface area contributed by atoms with E-state index < -0.39 is 0 Å². The maximum absolute atomic E-state index is 5.55. The first-order chi connectivity index (χ1) is 6.66. The molecule has 0 saturated carbocycles. The highest BCUT2D eigenvalue weighted by molar-refractivity contribution is 9.10. The molecule has 2 aromatic rings. The Hall–Kier alpha value is -0.870. The summed E-state index contributed by atoms with van der Waals surface area (Å²) in [6.45, 7) is 1.97.